The Hall–Kier alpha value is -1.26. The van der Waals surface area contributed by atoms with Gasteiger partial charge in [0.2, 0.25) is 5.91 Å². The Morgan fingerprint density at radius 1 is 1.12 bits per heavy atom. The van der Waals surface area contributed by atoms with Crippen molar-refractivity contribution < 1.29 is 9.59 Å². The molecule has 0 aromatic heterocycles. The van der Waals surface area contributed by atoms with E-state index in [1.165, 1.54) is 6.07 Å². The standard InChI is InChI=1S/C18H26Cl2N2O2/c1-5-6-12(4)21-18(24)16(9-11(2)3)22-17(23)14-8-7-13(19)10-15(14)20/h7-8,10-12,16H,5-6,9H2,1-4H3,(H,21,24)(H,22,23). The number of carbonyl (C=O) groups is 2. The van der Waals surface area contributed by atoms with Gasteiger partial charge in [0.1, 0.15) is 6.04 Å². The smallest absolute Gasteiger partial charge is 0.253 e. The zero-order valence-corrected chi connectivity index (χ0v) is 16.2. The van der Waals surface area contributed by atoms with Crippen molar-refractivity contribution in [2.75, 3.05) is 0 Å². The molecule has 0 spiro atoms. The molecule has 0 radical (unpaired) electrons. The lowest BCUT2D eigenvalue weighted by atomic mass is 10.0. The second-order valence-corrected chi connectivity index (χ2v) is 7.32. The van der Waals surface area contributed by atoms with Gasteiger partial charge in [-0.2, -0.15) is 0 Å². The van der Waals surface area contributed by atoms with E-state index in [0.29, 0.717) is 17.0 Å². The van der Waals surface area contributed by atoms with Gasteiger partial charge >= 0.3 is 0 Å². The van der Waals surface area contributed by atoms with Gasteiger partial charge in [-0.3, -0.25) is 9.59 Å². The first-order valence-corrected chi connectivity index (χ1v) is 9.06. The van der Waals surface area contributed by atoms with Crippen LogP contribution in [-0.4, -0.2) is 23.9 Å². The zero-order chi connectivity index (χ0) is 18.3. The maximum Gasteiger partial charge on any atom is 0.253 e. The third kappa shape index (κ3) is 6.70. The van der Waals surface area contributed by atoms with Crippen LogP contribution in [0.5, 0.6) is 0 Å². The Morgan fingerprint density at radius 2 is 1.79 bits per heavy atom. The monoisotopic (exact) mass is 372 g/mol. The Morgan fingerprint density at radius 3 is 2.33 bits per heavy atom. The molecular weight excluding hydrogens is 347 g/mol. The summed E-state index contributed by atoms with van der Waals surface area (Å²) in [5.74, 6) is -0.271. The summed E-state index contributed by atoms with van der Waals surface area (Å²) in [5, 5.41) is 6.48. The van der Waals surface area contributed by atoms with Crippen molar-refractivity contribution in [1.82, 2.24) is 10.6 Å². The van der Waals surface area contributed by atoms with E-state index in [4.69, 9.17) is 23.2 Å². The van der Waals surface area contributed by atoms with Crippen LogP contribution in [0.4, 0.5) is 0 Å². The van der Waals surface area contributed by atoms with Gasteiger partial charge in [0.05, 0.1) is 10.6 Å². The number of rotatable bonds is 8. The summed E-state index contributed by atoms with van der Waals surface area (Å²) in [4.78, 5) is 25.0. The van der Waals surface area contributed by atoms with Gasteiger partial charge in [-0.1, -0.05) is 50.4 Å². The van der Waals surface area contributed by atoms with Crippen LogP contribution in [0.3, 0.4) is 0 Å². The molecular formula is C18H26Cl2N2O2. The Bertz CT molecular complexity index is 576. The average Bonchev–Trinajstić information content (AvgIpc) is 2.45. The highest BCUT2D eigenvalue weighted by molar-refractivity contribution is 6.36. The van der Waals surface area contributed by atoms with Gasteiger partial charge in [-0.05, 0) is 43.9 Å². The molecule has 6 heteroatoms. The first-order chi connectivity index (χ1) is 11.2. The van der Waals surface area contributed by atoms with Crippen molar-refractivity contribution >= 4 is 35.0 Å². The van der Waals surface area contributed by atoms with Crippen LogP contribution in [0.1, 0.15) is 57.3 Å². The number of hydrogen-bond donors (Lipinski definition) is 2. The topological polar surface area (TPSA) is 58.2 Å². The highest BCUT2D eigenvalue weighted by atomic mass is 35.5. The van der Waals surface area contributed by atoms with E-state index in [-0.39, 0.29) is 28.8 Å². The zero-order valence-electron chi connectivity index (χ0n) is 14.7. The van der Waals surface area contributed by atoms with Gasteiger partial charge in [0.25, 0.3) is 5.91 Å². The lowest BCUT2D eigenvalue weighted by Gasteiger charge is -2.23. The number of hydrogen-bond acceptors (Lipinski definition) is 2. The van der Waals surface area contributed by atoms with Crippen LogP contribution < -0.4 is 10.6 Å². The quantitative estimate of drug-likeness (QED) is 0.708. The lowest BCUT2D eigenvalue weighted by Crippen LogP contribution is -2.49. The number of amides is 2. The summed E-state index contributed by atoms with van der Waals surface area (Å²) < 4.78 is 0. The Kier molecular flexibility index (Phi) is 8.57. The fraction of sp³-hybridized carbons (Fsp3) is 0.556. The third-order valence-electron chi connectivity index (χ3n) is 3.62. The summed E-state index contributed by atoms with van der Waals surface area (Å²) in [6.07, 6.45) is 2.45. The van der Waals surface area contributed by atoms with Crippen molar-refractivity contribution in [1.29, 1.82) is 0 Å². The normalized spacial score (nSPS) is 13.5. The van der Waals surface area contributed by atoms with Crippen molar-refractivity contribution in [3.63, 3.8) is 0 Å². The molecule has 0 fully saturated rings. The average molecular weight is 373 g/mol. The van der Waals surface area contributed by atoms with Crippen molar-refractivity contribution in [3.8, 4) is 0 Å². The number of benzene rings is 1. The van der Waals surface area contributed by atoms with E-state index in [9.17, 15) is 9.59 Å². The predicted molar refractivity (Wildman–Crippen MR) is 99.7 cm³/mol. The molecule has 2 N–H and O–H groups in total. The maximum atomic E-state index is 12.5. The SMILES string of the molecule is CCCC(C)NC(=O)C(CC(C)C)NC(=O)c1ccc(Cl)cc1Cl. The molecule has 2 unspecified atom stereocenters. The lowest BCUT2D eigenvalue weighted by molar-refractivity contribution is -0.124. The predicted octanol–water partition coefficient (Wildman–Crippen LogP) is 4.44. The number of halogens is 2. The molecule has 1 rings (SSSR count). The third-order valence-corrected chi connectivity index (χ3v) is 4.16. The minimum Gasteiger partial charge on any atom is -0.352 e. The van der Waals surface area contributed by atoms with Crippen molar-refractivity contribution in [3.05, 3.63) is 33.8 Å². The maximum absolute atomic E-state index is 12.5. The summed E-state index contributed by atoms with van der Waals surface area (Å²) in [6.45, 7) is 8.05. The van der Waals surface area contributed by atoms with Crippen molar-refractivity contribution in [2.45, 2.75) is 59.0 Å². The molecule has 0 aliphatic carbocycles. The molecule has 0 bridgehead atoms. The van der Waals surface area contributed by atoms with Gasteiger partial charge in [-0.15, -0.1) is 0 Å². The highest BCUT2D eigenvalue weighted by Gasteiger charge is 2.24. The molecule has 1 aromatic rings. The van der Waals surface area contributed by atoms with Gasteiger partial charge in [0.15, 0.2) is 0 Å². The fourth-order valence-corrected chi connectivity index (χ4v) is 2.96. The summed E-state index contributed by atoms with van der Waals surface area (Å²) in [7, 11) is 0. The van der Waals surface area contributed by atoms with Crippen LogP contribution in [0, 0.1) is 5.92 Å². The minimum atomic E-state index is -0.594. The second-order valence-electron chi connectivity index (χ2n) is 6.48. The first kappa shape index (κ1) is 20.8. The van der Waals surface area contributed by atoms with Crippen LogP contribution in [0.25, 0.3) is 0 Å². The van der Waals surface area contributed by atoms with E-state index in [0.717, 1.165) is 12.8 Å². The summed E-state index contributed by atoms with van der Waals surface area (Å²) in [6, 6.07) is 4.16. The molecule has 2 atom stereocenters. The molecule has 0 saturated carbocycles. The molecule has 134 valence electrons. The summed E-state index contributed by atoms with van der Waals surface area (Å²) in [5.41, 5.74) is 0.309. The number of nitrogens with one attached hydrogen (secondary N) is 2. The van der Waals surface area contributed by atoms with Crippen LogP contribution >= 0.6 is 23.2 Å². The van der Waals surface area contributed by atoms with Gasteiger partial charge in [0, 0.05) is 11.1 Å². The number of carbonyl (C=O) groups excluding carboxylic acids is 2. The van der Waals surface area contributed by atoms with Gasteiger partial charge < -0.3 is 10.6 Å². The Balaban J connectivity index is 2.84. The van der Waals surface area contributed by atoms with E-state index in [1.54, 1.807) is 12.1 Å². The molecule has 1 aromatic carbocycles. The first-order valence-electron chi connectivity index (χ1n) is 8.30. The van der Waals surface area contributed by atoms with Crippen LogP contribution in [0.2, 0.25) is 10.0 Å². The minimum absolute atomic E-state index is 0.0770. The summed E-state index contributed by atoms with van der Waals surface area (Å²) >= 11 is 11.9. The molecule has 24 heavy (non-hydrogen) atoms. The molecule has 0 heterocycles. The molecule has 0 aliphatic rings. The van der Waals surface area contributed by atoms with E-state index < -0.39 is 6.04 Å². The van der Waals surface area contributed by atoms with Crippen molar-refractivity contribution in [2.24, 2.45) is 5.92 Å². The molecule has 0 aliphatic heterocycles. The molecule has 2 amide bonds. The highest BCUT2D eigenvalue weighted by Crippen LogP contribution is 2.21. The molecule has 4 nitrogen and oxygen atoms in total. The van der Waals surface area contributed by atoms with Gasteiger partial charge in [-0.25, -0.2) is 0 Å². The Labute approximate surface area is 154 Å². The van der Waals surface area contributed by atoms with E-state index >= 15 is 0 Å². The second kappa shape index (κ2) is 9.90. The van der Waals surface area contributed by atoms with E-state index in [1.807, 2.05) is 20.8 Å². The molecule has 0 saturated heterocycles. The fourth-order valence-electron chi connectivity index (χ4n) is 2.46. The van der Waals surface area contributed by atoms with E-state index in [2.05, 4.69) is 17.6 Å². The van der Waals surface area contributed by atoms with Crippen LogP contribution in [-0.2, 0) is 4.79 Å². The largest absolute Gasteiger partial charge is 0.352 e. The van der Waals surface area contributed by atoms with Crippen LogP contribution in [0.15, 0.2) is 18.2 Å².